The molecule has 4 aliphatic heterocycles. The predicted octanol–water partition coefficient (Wildman–Crippen LogP) is 4.12. The third-order valence-electron chi connectivity index (χ3n) is 7.76. The van der Waals surface area contributed by atoms with Crippen LogP contribution in [0, 0.1) is 0 Å². The highest BCUT2D eigenvalue weighted by atomic mass is 15.4. The molecule has 1 spiro atoms. The topological polar surface area (TPSA) is 8.17 Å². The number of benzene rings is 2. The second-order valence-electron chi connectivity index (χ2n) is 8.92. The molecule has 2 nitrogen and oxygen atoms in total. The van der Waals surface area contributed by atoms with Gasteiger partial charge in [-0.05, 0) is 47.2 Å². The smallest absolute Gasteiger partial charge is 0.171 e. The van der Waals surface area contributed by atoms with E-state index >= 15 is 0 Å². The molecule has 2 aromatic carbocycles. The van der Waals surface area contributed by atoms with Gasteiger partial charge in [0, 0.05) is 53.5 Å². The van der Waals surface area contributed by atoms with Crippen LogP contribution in [0.15, 0.2) is 60.3 Å². The maximum Gasteiger partial charge on any atom is 0.171 e. The van der Waals surface area contributed by atoms with Gasteiger partial charge in [-0.15, -0.1) is 0 Å². The Morgan fingerprint density at radius 1 is 0.741 bits per heavy atom. The fourth-order valence-electron chi connectivity index (χ4n) is 7.08. The van der Waals surface area contributed by atoms with Gasteiger partial charge in [0.25, 0.3) is 0 Å². The van der Waals surface area contributed by atoms with Crippen LogP contribution < -0.4 is 0 Å². The summed E-state index contributed by atoms with van der Waals surface area (Å²) in [5.74, 6) is 0. The van der Waals surface area contributed by atoms with Crippen molar-refractivity contribution in [2.45, 2.75) is 43.8 Å². The van der Waals surface area contributed by atoms with Crippen LogP contribution in [0.4, 0.5) is 0 Å². The molecule has 0 amide bonds. The first-order chi connectivity index (χ1) is 13.4. The van der Waals surface area contributed by atoms with Crippen LogP contribution in [0.25, 0.3) is 0 Å². The minimum atomic E-state index is -0.133. The maximum absolute atomic E-state index is 2.84. The second kappa shape index (κ2) is 4.06. The summed E-state index contributed by atoms with van der Waals surface area (Å²) < 4.78 is 2.75. The lowest BCUT2D eigenvalue weighted by molar-refractivity contribution is 0.0521. The van der Waals surface area contributed by atoms with Gasteiger partial charge in [0.05, 0.1) is 0 Å². The molecule has 0 radical (unpaired) electrons. The molecule has 0 N–H and O–H groups in total. The lowest BCUT2D eigenvalue weighted by Gasteiger charge is -2.60. The molecule has 8 rings (SSSR count). The lowest BCUT2D eigenvalue weighted by Crippen LogP contribution is -2.63. The molecule has 0 saturated carbocycles. The second-order valence-corrected chi connectivity index (χ2v) is 8.92. The van der Waals surface area contributed by atoms with Gasteiger partial charge in [-0.25, -0.2) is 0 Å². The Kier molecular flexibility index (Phi) is 2.02. The summed E-state index contributed by atoms with van der Waals surface area (Å²) in [6, 6.07) is 19.5. The Labute approximate surface area is 158 Å². The zero-order chi connectivity index (χ0) is 17.3. The van der Waals surface area contributed by atoms with Gasteiger partial charge < -0.3 is 9.47 Å². The Morgan fingerprint density at radius 3 is 2.19 bits per heavy atom. The standard InChI is InChI=1S/C25H20N2/c1-3-15-11-16-4-2-6-18-13-20-8-10-22-14-21-9-7-19-12-17(5-1)23(15)25(24(16)18,26(19)21)27(20)22/h1-9,22H,10-14H2. The van der Waals surface area contributed by atoms with Gasteiger partial charge in [0.15, 0.2) is 5.66 Å². The number of hydrogen-bond acceptors (Lipinski definition) is 1. The first kappa shape index (κ1) is 13.4. The molecule has 1 aromatic heterocycles. The van der Waals surface area contributed by atoms with Crippen LogP contribution in [0.3, 0.4) is 0 Å². The quantitative estimate of drug-likeness (QED) is 0.593. The monoisotopic (exact) mass is 348 g/mol. The highest BCUT2D eigenvalue weighted by Crippen LogP contribution is 2.59. The van der Waals surface area contributed by atoms with Crippen molar-refractivity contribution in [3.8, 4) is 0 Å². The van der Waals surface area contributed by atoms with E-state index in [9.17, 15) is 0 Å². The first-order valence-electron chi connectivity index (χ1n) is 10.3. The van der Waals surface area contributed by atoms with E-state index in [-0.39, 0.29) is 5.66 Å². The summed E-state index contributed by atoms with van der Waals surface area (Å²) >= 11 is 0. The van der Waals surface area contributed by atoms with E-state index in [2.05, 4.69) is 64.1 Å². The Morgan fingerprint density at radius 2 is 1.41 bits per heavy atom. The molecule has 130 valence electrons. The van der Waals surface area contributed by atoms with E-state index in [0.29, 0.717) is 6.04 Å². The van der Waals surface area contributed by atoms with Gasteiger partial charge in [0.1, 0.15) is 0 Å². The molecule has 2 atom stereocenters. The molecule has 0 fully saturated rings. The molecule has 5 heterocycles. The molecule has 0 bridgehead atoms. The number of aromatic nitrogens is 1. The number of nitrogens with zero attached hydrogens (tertiary/aromatic N) is 2. The maximum atomic E-state index is 2.84. The van der Waals surface area contributed by atoms with Gasteiger partial charge in [-0.2, -0.15) is 0 Å². The van der Waals surface area contributed by atoms with Crippen molar-refractivity contribution in [3.05, 3.63) is 105 Å². The Balaban J connectivity index is 1.66. The summed E-state index contributed by atoms with van der Waals surface area (Å²) in [6.45, 7) is 0. The van der Waals surface area contributed by atoms with Gasteiger partial charge in [-0.1, -0.05) is 42.5 Å². The Hall–Kier alpha value is -2.74. The summed E-state index contributed by atoms with van der Waals surface area (Å²) in [7, 11) is 0. The molecule has 5 aliphatic rings. The highest BCUT2D eigenvalue weighted by Gasteiger charge is 2.59. The number of hydrogen-bond donors (Lipinski definition) is 0. The zero-order valence-electron chi connectivity index (χ0n) is 15.2. The highest BCUT2D eigenvalue weighted by molar-refractivity contribution is 5.65. The fourth-order valence-corrected chi connectivity index (χ4v) is 7.08. The van der Waals surface area contributed by atoms with Crippen LogP contribution in [-0.4, -0.2) is 15.5 Å². The molecular formula is C25H20N2. The average molecular weight is 348 g/mol. The summed E-state index contributed by atoms with van der Waals surface area (Å²) in [4.78, 5) is 2.84. The van der Waals surface area contributed by atoms with Gasteiger partial charge in [-0.3, -0.25) is 0 Å². The predicted molar refractivity (Wildman–Crippen MR) is 105 cm³/mol. The first-order valence-corrected chi connectivity index (χ1v) is 10.3. The minimum Gasteiger partial charge on any atom is -0.341 e. The van der Waals surface area contributed by atoms with Crippen molar-refractivity contribution in [2.24, 2.45) is 0 Å². The van der Waals surface area contributed by atoms with Crippen molar-refractivity contribution in [3.63, 3.8) is 0 Å². The lowest BCUT2D eigenvalue weighted by atomic mass is 9.67. The SMILES string of the molecule is C1=C2Cc3cccc4c3C35c6c(cccc6Cc6ccc(n63)CC(C1)N25)C4. The van der Waals surface area contributed by atoms with Crippen molar-refractivity contribution >= 4 is 0 Å². The van der Waals surface area contributed by atoms with Crippen molar-refractivity contribution in [1.82, 2.24) is 9.47 Å². The molecule has 2 heteroatoms. The van der Waals surface area contributed by atoms with Gasteiger partial charge in [0.2, 0.25) is 0 Å². The van der Waals surface area contributed by atoms with Gasteiger partial charge >= 0.3 is 0 Å². The van der Waals surface area contributed by atoms with E-state index in [0.717, 1.165) is 19.3 Å². The summed E-state index contributed by atoms with van der Waals surface area (Å²) in [5, 5.41) is 0. The third-order valence-corrected chi connectivity index (χ3v) is 7.76. The van der Waals surface area contributed by atoms with E-state index in [1.165, 1.54) is 35.4 Å². The molecule has 27 heavy (non-hydrogen) atoms. The van der Waals surface area contributed by atoms with E-state index < -0.39 is 0 Å². The largest absolute Gasteiger partial charge is 0.341 e. The fraction of sp³-hybridized carbons (Fsp3) is 0.280. The van der Waals surface area contributed by atoms with Crippen LogP contribution >= 0.6 is 0 Å². The van der Waals surface area contributed by atoms with Crippen molar-refractivity contribution in [2.75, 3.05) is 0 Å². The number of rotatable bonds is 0. The zero-order valence-corrected chi connectivity index (χ0v) is 15.2. The van der Waals surface area contributed by atoms with Crippen LogP contribution in [-0.2, 0) is 31.3 Å². The van der Waals surface area contributed by atoms with Crippen molar-refractivity contribution in [1.29, 1.82) is 0 Å². The molecular weight excluding hydrogens is 328 g/mol. The number of allylic oxidation sites excluding steroid dienone is 1. The third kappa shape index (κ3) is 1.26. The molecule has 1 aliphatic carbocycles. The normalized spacial score (nSPS) is 27.2. The Bertz CT molecular complexity index is 1230. The van der Waals surface area contributed by atoms with E-state index in [1.807, 2.05) is 0 Å². The van der Waals surface area contributed by atoms with Crippen molar-refractivity contribution < 1.29 is 0 Å². The van der Waals surface area contributed by atoms with Crippen LogP contribution in [0.5, 0.6) is 0 Å². The molecule has 2 unspecified atom stereocenters. The average Bonchev–Trinajstić information content (AvgIpc) is 3.28. The molecule has 3 aromatic rings. The van der Waals surface area contributed by atoms with Crippen LogP contribution in [0.1, 0.15) is 51.2 Å². The summed E-state index contributed by atoms with van der Waals surface area (Å²) in [6.07, 6.45) is 8.16. The van der Waals surface area contributed by atoms with E-state index in [4.69, 9.17) is 0 Å². The van der Waals surface area contributed by atoms with Crippen LogP contribution in [0.2, 0.25) is 0 Å². The minimum absolute atomic E-state index is 0.133. The van der Waals surface area contributed by atoms with E-state index in [1.54, 1.807) is 28.0 Å². The summed E-state index contributed by atoms with van der Waals surface area (Å²) in [5.41, 5.74) is 13.8. The molecule has 0 saturated heterocycles.